The zero-order chi connectivity index (χ0) is 41.0. The second kappa shape index (κ2) is 23.3. The van der Waals surface area contributed by atoms with Gasteiger partial charge < -0.3 is 49.3 Å². The van der Waals surface area contributed by atoms with Crippen molar-refractivity contribution in [1.29, 1.82) is 0 Å². The minimum absolute atomic E-state index is 0.431. The molecule has 2 aromatic heterocycles. The van der Waals surface area contributed by atoms with Gasteiger partial charge in [0.15, 0.2) is 23.0 Å². The number of methoxy groups -OCH3 is 2. The lowest BCUT2D eigenvalue weighted by atomic mass is 10.0. The molecule has 14 nitrogen and oxygen atoms in total. The fourth-order valence-corrected chi connectivity index (χ4v) is 5.86. The first kappa shape index (κ1) is 43.9. The van der Waals surface area contributed by atoms with E-state index in [1.54, 1.807) is 14.2 Å². The molecule has 14 heteroatoms. The Kier molecular flexibility index (Phi) is 17.9. The Morgan fingerprint density at radius 3 is 1.63 bits per heavy atom. The van der Waals surface area contributed by atoms with Crippen molar-refractivity contribution in [2.45, 2.75) is 46.5 Å². The first-order chi connectivity index (χ1) is 27.5. The summed E-state index contributed by atoms with van der Waals surface area (Å²) in [6.45, 7) is 11.5. The summed E-state index contributed by atoms with van der Waals surface area (Å²) < 4.78 is 34.8. The predicted octanol–water partition coefficient (Wildman–Crippen LogP) is 7.16. The SMILES string of the molecule is COc1cccc(Oc2nc(C)ccc2OC[C@H]2CCCNC2)c1OC.Cc1ccc(Oc2nc(C)ccc2OC[C@H]2CCCNC2)cc1.O=C(O)C=CC(=O)O. The molecule has 0 unspecified atom stereocenters. The average molecular weight is 787 g/mol. The quantitative estimate of drug-likeness (QED) is 0.0946. The third kappa shape index (κ3) is 15.3. The molecule has 2 saturated heterocycles. The molecule has 306 valence electrons. The number of aryl methyl sites for hydroxylation is 3. The van der Waals surface area contributed by atoms with Crippen LogP contribution in [0.4, 0.5) is 0 Å². The molecule has 4 heterocycles. The van der Waals surface area contributed by atoms with Crippen LogP contribution in [0.25, 0.3) is 0 Å². The Hall–Kier alpha value is -5.86. The maximum Gasteiger partial charge on any atom is 0.328 e. The second-order valence-electron chi connectivity index (χ2n) is 13.6. The van der Waals surface area contributed by atoms with Crippen molar-refractivity contribution >= 4 is 11.9 Å². The lowest BCUT2D eigenvalue weighted by Crippen LogP contribution is -2.33. The number of carboxylic acid groups (broad SMARTS) is 2. The number of hydrogen-bond donors (Lipinski definition) is 4. The van der Waals surface area contributed by atoms with Crippen molar-refractivity contribution in [3.8, 4) is 46.3 Å². The fourth-order valence-electron chi connectivity index (χ4n) is 5.86. The Morgan fingerprint density at radius 1 is 0.667 bits per heavy atom. The molecule has 57 heavy (non-hydrogen) atoms. The van der Waals surface area contributed by atoms with Crippen molar-refractivity contribution in [3.05, 3.63) is 95.8 Å². The lowest BCUT2D eigenvalue weighted by Gasteiger charge is -2.23. The number of piperidine rings is 2. The van der Waals surface area contributed by atoms with Crippen LogP contribution >= 0.6 is 0 Å². The van der Waals surface area contributed by atoms with Gasteiger partial charge in [-0.15, -0.1) is 0 Å². The average Bonchev–Trinajstić information content (AvgIpc) is 3.21. The Labute approximate surface area is 334 Å². The highest BCUT2D eigenvalue weighted by atomic mass is 16.6. The summed E-state index contributed by atoms with van der Waals surface area (Å²) in [6.07, 6.45) is 5.90. The smallest absolute Gasteiger partial charge is 0.328 e. The first-order valence-corrected chi connectivity index (χ1v) is 18.9. The number of nitrogens with one attached hydrogen (secondary N) is 2. The number of nitrogens with zero attached hydrogens (tertiary/aromatic N) is 2. The fraction of sp³-hybridized carbons (Fsp3) is 0.395. The first-order valence-electron chi connectivity index (χ1n) is 18.9. The summed E-state index contributed by atoms with van der Waals surface area (Å²) in [5.74, 6) is 3.30. The predicted molar refractivity (Wildman–Crippen MR) is 215 cm³/mol. The molecule has 2 aromatic carbocycles. The zero-order valence-corrected chi connectivity index (χ0v) is 33.3. The van der Waals surface area contributed by atoms with E-state index in [0.717, 1.165) is 43.3 Å². The molecule has 6 rings (SSSR count). The molecular weight excluding hydrogens is 732 g/mol. The maximum absolute atomic E-state index is 9.55. The largest absolute Gasteiger partial charge is 0.493 e. The molecule has 0 radical (unpaired) electrons. The zero-order valence-electron chi connectivity index (χ0n) is 33.3. The van der Waals surface area contributed by atoms with Crippen LogP contribution in [-0.2, 0) is 9.59 Å². The van der Waals surface area contributed by atoms with Gasteiger partial charge in [0, 0.05) is 48.5 Å². The number of hydrogen-bond acceptors (Lipinski definition) is 12. The van der Waals surface area contributed by atoms with Gasteiger partial charge in [0.2, 0.25) is 5.75 Å². The molecule has 2 fully saturated rings. The van der Waals surface area contributed by atoms with Crippen LogP contribution in [0.2, 0.25) is 0 Å². The lowest BCUT2D eigenvalue weighted by molar-refractivity contribution is -0.134. The van der Waals surface area contributed by atoms with Crippen molar-refractivity contribution in [1.82, 2.24) is 20.6 Å². The minimum atomic E-state index is -1.26. The number of aliphatic carboxylic acids is 2. The highest BCUT2D eigenvalue weighted by molar-refractivity contribution is 5.89. The summed E-state index contributed by atoms with van der Waals surface area (Å²) in [5, 5.41) is 22.4. The standard InChI is InChI=1S/C20H26N2O4.C19H24N2O2.C4H4O4/c1-14-9-10-18(25-13-15-6-5-11-21-12-15)20(22-14)26-17-8-4-7-16(23-2)19(17)24-3;1-14-5-8-17(9-6-14)23-19-18(10-7-15(2)21-19)22-13-16-4-3-11-20-12-16;5-3(6)1-2-4(7)8/h4,7-10,15,21H,5-6,11-13H2,1-3H3;5-10,16,20H,3-4,11-13H2,1-2H3;1-2H,(H,5,6)(H,7,8)/t15-;16-;/m00./s1. The van der Waals surface area contributed by atoms with E-state index in [1.165, 1.54) is 31.2 Å². The normalized spacial score (nSPS) is 16.2. The number of ether oxygens (including phenoxy) is 6. The highest BCUT2D eigenvalue weighted by Gasteiger charge is 2.19. The Morgan fingerprint density at radius 2 is 1.18 bits per heavy atom. The third-order valence-corrected chi connectivity index (χ3v) is 8.85. The second-order valence-corrected chi connectivity index (χ2v) is 13.6. The topological polar surface area (TPSA) is 180 Å². The molecule has 0 bridgehead atoms. The molecule has 0 saturated carbocycles. The third-order valence-electron chi connectivity index (χ3n) is 8.85. The monoisotopic (exact) mass is 786 g/mol. The number of pyridine rings is 2. The summed E-state index contributed by atoms with van der Waals surface area (Å²) in [5.41, 5.74) is 2.98. The van der Waals surface area contributed by atoms with Crippen LogP contribution in [-0.4, -0.2) is 85.7 Å². The molecule has 0 amide bonds. The van der Waals surface area contributed by atoms with Crippen molar-refractivity contribution < 1.29 is 48.2 Å². The number of aromatic nitrogens is 2. The van der Waals surface area contributed by atoms with E-state index in [4.69, 9.17) is 38.6 Å². The molecule has 2 aliphatic rings. The van der Waals surface area contributed by atoms with Gasteiger partial charge in [-0.2, -0.15) is 0 Å². The number of benzene rings is 2. The molecule has 0 aliphatic carbocycles. The van der Waals surface area contributed by atoms with E-state index in [9.17, 15) is 9.59 Å². The van der Waals surface area contributed by atoms with Gasteiger partial charge in [0.25, 0.3) is 11.8 Å². The summed E-state index contributed by atoms with van der Waals surface area (Å²) in [7, 11) is 3.18. The van der Waals surface area contributed by atoms with Gasteiger partial charge in [0.05, 0.1) is 27.4 Å². The Balaban J connectivity index is 0.000000214. The molecule has 2 atom stereocenters. The van der Waals surface area contributed by atoms with E-state index in [-0.39, 0.29) is 0 Å². The number of carboxylic acids is 2. The van der Waals surface area contributed by atoms with Gasteiger partial charge in [-0.3, -0.25) is 0 Å². The van der Waals surface area contributed by atoms with Crippen molar-refractivity contribution in [2.75, 3.05) is 53.6 Å². The van der Waals surface area contributed by atoms with Gasteiger partial charge in [-0.1, -0.05) is 23.8 Å². The van der Waals surface area contributed by atoms with Crippen molar-refractivity contribution in [3.63, 3.8) is 0 Å². The van der Waals surface area contributed by atoms with Crippen LogP contribution in [0.1, 0.15) is 42.6 Å². The van der Waals surface area contributed by atoms with Crippen LogP contribution < -0.4 is 39.1 Å². The van der Waals surface area contributed by atoms with Crippen molar-refractivity contribution in [2.24, 2.45) is 11.8 Å². The highest BCUT2D eigenvalue weighted by Crippen LogP contribution is 2.41. The van der Waals surface area contributed by atoms with Gasteiger partial charge in [0.1, 0.15) is 5.75 Å². The molecular formula is C43H54N4O10. The summed E-state index contributed by atoms with van der Waals surface area (Å²) in [6, 6.07) is 21.2. The van der Waals surface area contributed by atoms with E-state index in [1.807, 2.05) is 80.6 Å². The number of rotatable bonds is 14. The van der Waals surface area contributed by atoms with Gasteiger partial charge in [-0.05, 0) is 108 Å². The summed E-state index contributed by atoms with van der Waals surface area (Å²) >= 11 is 0. The minimum Gasteiger partial charge on any atom is -0.493 e. The number of carbonyl (C=O) groups is 2. The molecule has 4 N–H and O–H groups in total. The Bertz CT molecular complexity index is 1880. The van der Waals surface area contributed by atoms with Gasteiger partial charge in [-0.25, -0.2) is 19.6 Å². The summed E-state index contributed by atoms with van der Waals surface area (Å²) in [4.78, 5) is 28.1. The van der Waals surface area contributed by atoms with Gasteiger partial charge >= 0.3 is 11.9 Å². The molecule has 2 aliphatic heterocycles. The van der Waals surface area contributed by atoms with E-state index >= 15 is 0 Å². The van der Waals surface area contributed by atoms with E-state index in [2.05, 4.69) is 27.5 Å². The van der Waals surface area contributed by atoms with E-state index < -0.39 is 11.9 Å². The van der Waals surface area contributed by atoms with Crippen LogP contribution in [0, 0.1) is 32.6 Å². The van der Waals surface area contributed by atoms with Crippen LogP contribution in [0.5, 0.6) is 46.3 Å². The maximum atomic E-state index is 9.55. The van der Waals surface area contributed by atoms with E-state index in [0.29, 0.717) is 77.7 Å². The number of para-hydroxylation sites is 1. The van der Waals surface area contributed by atoms with Crippen LogP contribution in [0.15, 0.2) is 78.9 Å². The molecule has 0 spiro atoms. The van der Waals surface area contributed by atoms with Crippen LogP contribution in [0.3, 0.4) is 0 Å². The molecule has 4 aromatic rings.